The van der Waals surface area contributed by atoms with E-state index in [1.54, 1.807) is 36.5 Å². The third-order valence-electron chi connectivity index (χ3n) is 4.32. The van der Waals surface area contributed by atoms with Gasteiger partial charge in [-0.15, -0.1) is 0 Å². The van der Waals surface area contributed by atoms with Gasteiger partial charge in [0.25, 0.3) is 0 Å². The minimum absolute atomic E-state index is 0.275. The molecule has 1 amide bonds. The summed E-state index contributed by atoms with van der Waals surface area (Å²) in [6.07, 6.45) is 9.63. The second kappa shape index (κ2) is 8.41. The summed E-state index contributed by atoms with van der Waals surface area (Å²) >= 11 is 0. The molecule has 0 aliphatic heterocycles. The zero-order valence-electron chi connectivity index (χ0n) is 16.6. The van der Waals surface area contributed by atoms with Crippen LogP contribution in [0, 0.1) is 0 Å². The monoisotopic (exact) mass is 433 g/mol. The van der Waals surface area contributed by atoms with Crippen LogP contribution in [-0.2, 0) is 14.8 Å². The number of anilines is 2. The Hall–Kier alpha value is -3.98. The Morgan fingerprint density at radius 2 is 1.74 bits per heavy atom. The van der Waals surface area contributed by atoms with Crippen LogP contribution in [0.3, 0.4) is 0 Å². The van der Waals surface area contributed by atoms with E-state index in [-0.39, 0.29) is 5.91 Å². The smallest absolute Gasteiger partial charge is 0.248 e. The maximum atomic E-state index is 12.2. The largest absolute Gasteiger partial charge is 0.323 e. The molecular formula is C22H19N5O3S. The predicted molar refractivity (Wildman–Crippen MR) is 121 cm³/mol. The first-order valence-electron chi connectivity index (χ1n) is 9.33. The van der Waals surface area contributed by atoms with Crippen molar-refractivity contribution in [3.63, 3.8) is 0 Å². The average Bonchev–Trinajstić information content (AvgIpc) is 3.17. The summed E-state index contributed by atoms with van der Waals surface area (Å²) in [6.45, 7) is 0. The number of fused-ring (bicyclic) bond motifs is 1. The first kappa shape index (κ1) is 20.3. The maximum absolute atomic E-state index is 12.2. The molecule has 8 nitrogen and oxygen atoms in total. The molecule has 2 N–H and O–H groups in total. The lowest BCUT2D eigenvalue weighted by Gasteiger charge is -2.04. The quantitative estimate of drug-likeness (QED) is 0.453. The van der Waals surface area contributed by atoms with Crippen molar-refractivity contribution < 1.29 is 13.2 Å². The minimum atomic E-state index is -3.32. The van der Waals surface area contributed by atoms with Crippen molar-refractivity contribution in [3.8, 4) is 11.3 Å². The van der Waals surface area contributed by atoms with Gasteiger partial charge in [0.1, 0.15) is 0 Å². The average molecular weight is 433 g/mol. The van der Waals surface area contributed by atoms with Crippen molar-refractivity contribution >= 4 is 39.2 Å². The van der Waals surface area contributed by atoms with Crippen LogP contribution in [0.2, 0.25) is 0 Å². The molecular weight excluding hydrogens is 414 g/mol. The molecule has 0 spiro atoms. The van der Waals surface area contributed by atoms with Crippen molar-refractivity contribution in [1.29, 1.82) is 0 Å². The maximum Gasteiger partial charge on any atom is 0.248 e. The number of aromatic nitrogens is 3. The van der Waals surface area contributed by atoms with Crippen molar-refractivity contribution in [2.24, 2.45) is 0 Å². The van der Waals surface area contributed by atoms with Crippen LogP contribution in [0.5, 0.6) is 0 Å². The van der Waals surface area contributed by atoms with E-state index >= 15 is 0 Å². The molecule has 156 valence electrons. The van der Waals surface area contributed by atoms with Crippen LogP contribution in [-0.4, -0.2) is 34.9 Å². The normalized spacial score (nSPS) is 11.6. The second-order valence-electron chi connectivity index (χ2n) is 6.85. The molecule has 4 aromatic rings. The van der Waals surface area contributed by atoms with Crippen molar-refractivity contribution in [2.75, 3.05) is 16.3 Å². The number of hydrogen-bond donors (Lipinski definition) is 2. The molecule has 0 aliphatic carbocycles. The zero-order chi connectivity index (χ0) is 21.8. The van der Waals surface area contributed by atoms with Gasteiger partial charge in [0.05, 0.1) is 11.9 Å². The summed E-state index contributed by atoms with van der Waals surface area (Å²) in [5.74, 6) is 0.350. The van der Waals surface area contributed by atoms with E-state index in [0.717, 1.165) is 23.1 Å². The molecule has 0 aliphatic rings. The fourth-order valence-corrected chi connectivity index (χ4v) is 3.49. The van der Waals surface area contributed by atoms with E-state index in [2.05, 4.69) is 20.0 Å². The van der Waals surface area contributed by atoms with Gasteiger partial charge < -0.3 is 5.32 Å². The first-order valence-corrected chi connectivity index (χ1v) is 11.2. The third kappa shape index (κ3) is 5.34. The topological polar surface area (TPSA) is 105 Å². The van der Waals surface area contributed by atoms with Crippen LogP contribution in [0.25, 0.3) is 23.1 Å². The highest BCUT2D eigenvalue weighted by atomic mass is 32.2. The lowest BCUT2D eigenvalue weighted by Crippen LogP contribution is -2.09. The summed E-state index contributed by atoms with van der Waals surface area (Å²) in [6, 6.07) is 15.9. The molecule has 0 unspecified atom stereocenters. The molecule has 2 aromatic heterocycles. The lowest BCUT2D eigenvalue weighted by molar-refractivity contribution is -0.111. The number of nitrogens with zero attached hydrogens (tertiary/aromatic N) is 3. The Kier molecular flexibility index (Phi) is 5.50. The fraction of sp³-hybridized carbons (Fsp3) is 0.0455. The van der Waals surface area contributed by atoms with Gasteiger partial charge in [0.15, 0.2) is 0 Å². The molecule has 0 atom stereocenters. The van der Waals surface area contributed by atoms with Gasteiger partial charge in [-0.05, 0) is 42.0 Å². The van der Waals surface area contributed by atoms with E-state index in [1.807, 2.05) is 47.1 Å². The molecule has 31 heavy (non-hydrogen) atoms. The summed E-state index contributed by atoms with van der Waals surface area (Å²) in [7, 11) is -3.32. The number of nitrogens with one attached hydrogen (secondary N) is 2. The molecule has 4 rings (SSSR count). The molecule has 9 heteroatoms. The number of carbonyl (C=O) groups excluding carboxylic acids is 1. The van der Waals surface area contributed by atoms with E-state index < -0.39 is 10.0 Å². The predicted octanol–water partition coefficient (Wildman–Crippen LogP) is 3.42. The highest BCUT2D eigenvalue weighted by Crippen LogP contribution is 2.21. The SMILES string of the molecule is CS(=O)(=O)Nc1ccc(/C=C/C(=O)Nc2ccc(-c3cn4cccnc4n3)cc2)cc1. The summed E-state index contributed by atoms with van der Waals surface area (Å²) in [5, 5.41) is 2.80. The Labute approximate surface area is 179 Å². The third-order valence-corrected chi connectivity index (χ3v) is 4.93. The number of amides is 1. The van der Waals surface area contributed by atoms with Crippen LogP contribution >= 0.6 is 0 Å². The molecule has 0 saturated heterocycles. The number of imidazole rings is 1. The number of hydrogen-bond acceptors (Lipinski definition) is 5. The molecule has 2 aromatic carbocycles. The van der Waals surface area contributed by atoms with Gasteiger partial charge in [0.2, 0.25) is 21.7 Å². The molecule has 0 fully saturated rings. The van der Waals surface area contributed by atoms with E-state index in [9.17, 15) is 13.2 Å². The Morgan fingerprint density at radius 3 is 2.42 bits per heavy atom. The fourth-order valence-electron chi connectivity index (χ4n) is 2.93. The molecule has 0 radical (unpaired) electrons. The Balaban J connectivity index is 1.38. The highest BCUT2D eigenvalue weighted by Gasteiger charge is 2.06. The Bertz CT molecular complexity index is 1330. The van der Waals surface area contributed by atoms with Gasteiger partial charge >= 0.3 is 0 Å². The van der Waals surface area contributed by atoms with Gasteiger partial charge in [-0.3, -0.25) is 13.9 Å². The zero-order valence-corrected chi connectivity index (χ0v) is 17.4. The molecule has 2 heterocycles. The van der Waals surface area contributed by atoms with Crippen LogP contribution < -0.4 is 10.0 Å². The van der Waals surface area contributed by atoms with E-state index in [1.165, 1.54) is 6.08 Å². The van der Waals surface area contributed by atoms with Gasteiger partial charge in [0, 0.05) is 41.6 Å². The first-order chi connectivity index (χ1) is 14.9. The summed E-state index contributed by atoms with van der Waals surface area (Å²) in [4.78, 5) is 20.9. The minimum Gasteiger partial charge on any atom is -0.323 e. The van der Waals surface area contributed by atoms with Crippen molar-refractivity contribution in [2.45, 2.75) is 0 Å². The molecule has 0 saturated carbocycles. The lowest BCUT2D eigenvalue weighted by atomic mass is 10.1. The highest BCUT2D eigenvalue weighted by molar-refractivity contribution is 7.92. The number of carbonyl (C=O) groups is 1. The van der Waals surface area contributed by atoms with Crippen molar-refractivity contribution in [3.05, 3.63) is 84.8 Å². The standard InChI is InChI=1S/C22H19N5O3S/c1-31(29,30)26-19-8-3-16(4-9-19)5-12-21(28)24-18-10-6-17(7-11-18)20-15-27-14-2-13-23-22(27)25-20/h2-15,26H,1H3,(H,24,28)/b12-5+. The number of benzene rings is 2. The number of rotatable bonds is 6. The number of sulfonamides is 1. The van der Waals surface area contributed by atoms with Crippen LogP contribution in [0.15, 0.2) is 79.3 Å². The Morgan fingerprint density at radius 1 is 1.03 bits per heavy atom. The van der Waals surface area contributed by atoms with Crippen molar-refractivity contribution in [1.82, 2.24) is 14.4 Å². The summed E-state index contributed by atoms with van der Waals surface area (Å²) < 4.78 is 26.7. The van der Waals surface area contributed by atoms with Gasteiger partial charge in [-0.25, -0.2) is 18.4 Å². The van der Waals surface area contributed by atoms with Gasteiger partial charge in [-0.2, -0.15) is 0 Å². The molecule has 0 bridgehead atoms. The van der Waals surface area contributed by atoms with E-state index in [4.69, 9.17) is 0 Å². The van der Waals surface area contributed by atoms with Crippen LogP contribution in [0.4, 0.5) is 11.4 Å². The van der Waals surface area contributed by atoms with Crippen LogP contribution in [0.1, 0.15) is 5.56 Å². The second-order valence-corrected chi connectivity index (χ2v) is 8.60. The summed E-state index contributed by atoms with van der Waals surface area (Å²) in [5.41, 5.74) is 3.61. The van der Waals surface area contributed by atoms with Gasteiger partial charge in [-0.1, -0.05) is 24.3 Å². The van der Waals surface area contributed by atoms with E-state index in [0.29, 0.717) is 17.2 Å².